The first-order chi connectivity index (χ1) is 15.7. The Labute approximate surface area is 192 Å². The molecule has 0 spiro atoms. The van der Waals surface area contributed by atoms with Crippen LogP contribution in [0.15, 0.2) is 48.7 Å². The van der Waals surface area contributed by atoms with Gasteiger partial charge in [0.15, 0.2) is 0 Å². The Balaban J connectivity index is 1.77. The van der Waals surface area contributed by atoms with Gasteiger partial charge in [0.25, 0.3) is 0 Å². The summed E-state index contributed by atoms with van der Waals surface area (Å²) >= 11 is 0. The van der Waals surface area contributed by atoms with Crippen LogP contribution in [0, 0.1) is 18.3 Å². The van der Waals surface area contributed by atoms with Crippen LogP contribution in [-0.4, -0.2) is 24.2 Å². The third kappa shape index (κ3) is 5.06. The molecule has 1 fully saturated rings. The number of nitrogens with two attached hydrogens (primary N) is 1. The molecule has 4 rings (SSSR count). The van der Waals surface area contributed by atoms with Gasteiger partial charge in [-0.25, -0.2) is 0 Å². The summed E-state index contributed by atoms with van der Waals surface area (Å²) in [4.78, 5) is 0. The van der Waals surface area contributed by atoms with E-state index in [9.17, 15) is 5.26 Å². The van der Waals surface area contributed by atoms with Crippen LogP contribution in [0.2, 0.25) is 0 Å². The summed E-state index contributed by atoms with van der Waals surface area (Å²) in [6, 6.07) is 18.1. The molecule has 1 unspecified atom stereocenters. The van der Waals surface area contributed by atoms with Crippen LogP contribution in [0.1, 0.15) is 79.2 Å². The number of aryl methyl sites for hydroxylation is 1. The zero-order chi connectivity index (χ0) is 22.3. The third-order valence-electron chi connectivity index (χ3n) is 6.95. The minimum absolute atomic E-state index is 0.293. The summed E-state index contributed by atoms with van der Waals surface area (Å²) in [7, 11) is 0. The number of benzene rings is 2. The van der Waals surface area contributed by atoms with Gasteiger partial charge >= 0.3 is 0 Å². The molecule has 0 aliphatic heterocycles. The van der Waals surface area contributed by atoms with E-state index in [0.29, 0.717) is 12.0 Å². The normalized spacial score (nSPS) is 15.7. The highest BCUT2D eigenvalue weighted by Crippen LogP contribution is 2.39. The van der Waals surface area contributed by atoms with Gasteiger partial charge in [0, 0.05) is 29.1 Å². The van der Waals surface area contributed by atoms with Crippen molar-refractivity contribution in [3.63, 3.8) is 0 Å². The van der Waals surface area contributed by atoms with Gasteiger partial charge in [0.2, 0.25) is 0 Å². The van der Waals surface area contributed by atoms with Crippen molar-refractivity contribution >= 4 is 10.9 Å². The van der Waals surface area contributed by atoms with Crippen molar-refractivity contribution in [2.45, 2.75) is 63.8 Å². The maximum atomic E-state index is 9.58. The van der Waals surface area contributed by atoms with Gasteiger partial charge in [-0.2, -0.15) is 5.26 Å². The monoisotopic (exact) mass is 428 g/mol. The molecule has 1 aliphatic carbocycles. The van der Waals surface area contributed by atoms with Gasteiger partial charge in [-0.1, -0.05) is 49.1 Å². The van der Waals surface area contributed by atoms with E-state index in [1.54, 1.807) is 0 Å². The lowest BCUT2D eigenvalue weighted by Crippen LogP contribution is -2.21. The molecule has 1 atom stereocenters. The minimum Gasteiger partial charge on any atom is -0.344 e. The number of nitrogens with zero attached hydrogens (tertiary/aromatic N) is 2. The van der Waals surface area contributed by atoms with E-state index in [-0.39, 0.29) is 0 Å². The molecular formula is C28H36N4. The molecular weight excluding hydrogens is 392 g/mol. The fraction of sp³-hybridized carbons (Fsp3) is 0.464. The lowest BCUT2D eigenvalue weighted by Gasteiger charge is -2.24. The number of aromatic nitrogens is 1. The average molecular weight is 429 g/mol. The van der Waals surface area contributed by atoms with Crippen molar-refractivity contribution in [1.29, 1.82) is 5.26 Å². The summed E-state index contributed by atoms with van der Waals surface area (Å²) in [5.41, 5.74) is 11.7. The van der Waals surface area contributed by atoms with E-state index in [2.05, 4.69) is 65.5 Å². The molecule has 0 radical (unpaired) electrons. The van der Waals surface area contributed by atoms with E-state index < -0.39 is 0 Å². The van der Waals surface area contributed by atoms with E-state index in [0.717, 1.165) is 38.0 Å². The van der Waals surface area contributed by atoms with Gasteiger partial charge < -0.3 is 15.6 Å². The number of nitriles is 1. The number of hydrogen-bond acceptors (Lipinski definition) is 3. The topological polar surface area (TPSA) is 66.8 Å². The molecule has 0 amide bonds. The van der Waals surface area contributed by atoms with Crippen molar-refractivity contribution in [2.24, 2.45) is 5.73 Å². The van der Waals surface area contributed by atoms with Crippen molar-refractivity contribution in [2.75, 3.05) is 19.6 Å². The SMILES string of the molecule is Cc1cccc(C(CCNCCCN)c2cn(C3CCCCC3)c3ccc(C#N)cc23)c1. The Morgan fingerprint density at radius 3 is 2.72 bits per heavy atom. The van der Waals surface area contributed by atoms with Gasteiger partial charge in [-0.05, 0) is 81.6 Å². The quantitative estimate of drug-likeness (QED) is 0.424. The van der Waals surface area contributed by atoms with Crippen LogP contribution in [-0.2, 0) is 0 Å². The molecule has 1 aliphatic rings. The molecule has 1 saturated carbocycles. The van der Waals surface area contributed by atoms with Crippen molar-refractivity contribution in [3.05, 3.63) is 70.9 Å². The predicted molar refractivity (Wildman–Crippen MR) is 133 cm³/mol. The highest BCUT2D eigenvalue weighted by molar-refractivity contribution is 5.86. The largest absolute Gasteiger partial charge is 0.344 e. The Morgan fingerprint density at radius 2 is 1.97 bits per heavy atom. The second-order valence-corrected chi connectivity index (χ2v) is 9.27. The number of fused-ring (bicyclic) bond motifs is 1. The second kappa shape index (κ2) is 10.8. The van der Waals surface area contributed by atoms with Gasteiger partial charge in [-0.15, -0.1) is 0 Å². The maximum absolute atomic E-state index is 9.58. The van der Waals surface area contributed by atoms with Crippen LogP contribution < -0.4 is 11.1 Å². The standard InChI is InChI=1S/C28H36N4/c1-21-7-5-8-23(17-21)25(13-16-31-15-6-14-29)27-20-32(24-9-3-2-4-10-24)28-12-11-22(19-30)18-26(27)28/h5,7-8,11-12,17-18,20,24-25,31H,2-4,6,9-10,13-16,29H2,1H3. The maximum Gasteiger partial charge on any atom is 0.0991 e. The summed E-state index contributed by atoms with van der Waals surface area (Å²) in [5.74, 6) is 0.293. The van der Waals surface area contributed by atoms with Crippen molar-refractivity contribution < 1.29 is 0 Å². The molecule has 0 saturated heterocycles. The van der Waals surface area contributed by atoms with E-state index in [1.165, 1.54) is 59.7 Å². The molecule has 0 bridgehead atoms. The lowest BCUT2D eigenvalue weighted by atomic mass is 9.87. The first-order valence-electron chi connectivity index (χ1n) is 12.2. The van der Waals surface area contributed by atoms with Crippen molar-refractivity contribution in [1.82, 2.24) is 9.88 Å². The molecule has 3 N–H and O–H groups in total. The fourth-order valence-corrected chi connectivity index (χ4v) is 5.28. The summed E-state index contributed by atoms with van der Waals surface area (Å²) in [5, 5.41) is 14.4. The van der Waals surface area contributed by atoms with Crippen LogP contribution >= 0.6 is 0 Å². The lowest BCUT2D eigenvalue weighted by molar-refractivity contribution is 0.360. The zero-order valence-corrected chi connectivity index (χ0v) is 19.3. The third-order valence-corrected chi connectivity index (χ3v) is 6.95. The highest BCUT2D eigenvalue weighted by Gasteiger charge is 2.24. The van der Waals surface area contributed by atoms with Gasteiger partial charge in [0.05, 0.1) is 11.6 Å². The van der Waals surface area contributed by atoms with Crippen LogP contribution in [0.3, 0.4) is 0 Å². The van der Waals surface area contributed by atoms with E-state index >= 15 is 0 Å². The molecule has 4 heteroatoms. The zero-order valence-electron chi connectivity index (χ0n) is 19.3. The van der Waals surface area contributed by atoms with Crippen molar-refractivity contribution in [3.8, 4) is 6.07 Å². The Morgan fingerprint density at radius 1 is 1.12 bits per heavy atom. The smallest absolute Gasteiger partial charge is 0.0991 e. The average Bonchev–Trinajstić information content (AvgIpc) is 3.20. The minimum atomic E-state index is 0.293. The fourth-order valence-electron chi connectivity index (χ4n) is 5.28. The molecule has 1 heterocycles. The van der Waals surface area contributed by atoms with Crippen LogP contribution in [0.5, 0.6) is 0 Å². The van der Waals surface area contributed by atoms with Crippen LogP contribution in [0.4, 0.5) is 0 Å². The number of nitrogens with one attached hydrogen (secondary N) is 1. The second-order valence-electron chi connectivity index (χ2n) is 9.27. The predicted octanol–water partition coefficient (Wildman–Crippen LogP) is 5.79. The van der Waals surface area contributed by atoms with Crippen LogP contribution in [0.25, 0.3) is 10.9 Å². The number of rotatable bonds is 9. The molecule has 2 aromatic carbocycles. The summed E-state index contributed by atoms with van der Waals surface area (Å²) in [6.07, 6.45) is 10.9. The molecule has 1 aromatic heterocycles. The molecule has 3 aromatic rings. The highest BCUT2D eigenvalue weighted by atomic mass is 15.0. The van der Waals surface area contributed by atoms with E-state index in [4.69, 9.17) is 5.73 Å². The van der Waals surface area contributed by atoms with Gasteiger partial charge in [-0.3, -0.25) is 0 Å². The van der Waals surface area contributed by atoms with Gasteiger partial charge in [0.1, 0.15) is 0 Å². The Hall–Kier alpha value is -2.61. The molecule has 32 heavy (non-hydrogen) atoms. The van der Waals surface area contributed by atoms with E-state index in [1.807, 2.05) is 6.07 Å². The summed E-state index contributed by atoms with van der Waals surface area (Å²) < 4.78 is 2.52. The first-order valence-corrected chi connectivity index (χ1v) is 12.2. The summed E-state index contributed by atoms with van der Waals surface area (Å²) in [6.45, 7) is 4.80. The Bertz CT molecular complexity index is 1070. The molecule has 4 nitrogen and oxygen atoms in total. The molecule has 168 valence electrons. The Kier molecular flexibility index (Phi) is 7.63. The number of hydrogen-bond donors (Lipinski definition) is 2. The first kappa shape index (κ1) is 22.6.